The predicted octanol–water partition coefficient (Wildman–Crippen LogP) is -1.69. The van der Waals surface area contributed by atoms with Crippen molar-refractivity contribution in [2.75, 3.05) is 6.61 Å². The first-order chi connectivity index (χ1) is 13.7. The Balaban J connectivity index is 2.65. The zero-order valence-electron chi connectivity index (χ0n) is 17.4. The van der Waals surface area contributed by atoms with Crippen LogP contribution in [-0.4, -0.2) is 98.1 Å². The number of hydrogen-bond acceptors (Lipinski definition) is 11. The second kappa shape index (κ2) is 11.3. The van der Waals surface area contributed by atoms with E-state index in [0.29, 0.717) is 0 Å². The Morgan fingerprint density at radius 3 is 2.20 bits per heavy atom. The molecule has 0 radical (unpaired) electrons. The number of carbonyl (C=O) groups excluding carboxylic acids is 1. The first-order valence-corrected chi connectivity index (χ1v) is 9.52. The molecular weight excluding hydrogens is 408 g/mol. The Kier molecular flexibility index (Phi) is 10.0. The molecule has 1 fully saturated rings. The molecule has 0 amide bonds. The van der Waals surface area contributed by atoms with Gasteiger partial charge in [0.15, 0.2) is 18.9 Å². The van der Waals surface area contributed by atoms with Crippen LogP contribution in [0.1, 0.15) is 40.5 Å². The monoisotopic (exact) mass is 440 g/mol. The largest absolute Gasteiger partial charge is 0.481 e. The van der Waals surface area contributed by atoms with Gasteiger partial charge >= 0.3 is 11.9 Å². The van der Waals surface area contributed by atoms with Crippen LogP contribution < -0.4 is 0 Å². The Morgan fingerprint density at radius 2 is 1.67 bits per heavy atom. The molecule has 1 aliphatic heterocycles. The third-order valence-corrected chi connectivity index (χ3v) is 4.36. The van der Waals surface area contributed by atoms with Gasteiger partial charge in [-0.25, -0.2) is 0 Å². The fraction of sp³-hybridized carbons (Fsp3) is 0.889. The molecule has 0 spiro atoms. The molecule has 0 aromatic carbocycles. The van der Waals surface area contributed by atoms with Gasteiger partial charge in [-0.15, -0.1) is 0 Å². The molecule has 1 rings (SSSR count). The quantitative estimate of drug-likeness (QED) is 0.158. The second-order valence-corrected chi connectivity index (χ2v) is 7.92. The van der Waals surface area contributed by atoms with Gasteiger partial charge in [0.25, 0.3) is 0 Å². The summed E-state index contributed by atoms with van der Waals surface area (Å²) >= 11 is 0. The molecule has 30 heavy (non-hydrogen) atoms. The van der Waals surface area contributed by atoms with Gasteiger partial charge < -0.3 is 49.6 Å². The number of carbonyl (C=O) groups is 2. The molecule has 1 saturated heterocycles. The van der Waals surface area contributed by atoms with Crippen molar-refractivity contribution in [2.24, 2.45) is 5.92 Å². The lowest BCUT2D eigenvalue weighted by Gasteiger charge is -2.40. The lowest BCUT2D eigenvalue weighted by Crippen LogP contribution is -2.60. The topological polar surface area (TPSA) is 192 Å². The van der Waals surface area contributed by atoms with Crippen molar-refractivity contribution in [3.05, 3.63) is 0 Å². The summed E-state index contributed by atoms with van der Waals surface area (Å²) < 4.78 is 20.8. The van der Waals surface area contributed by atoms with Crippen LogP contribution >= 0.6 is 0 Å². The number of aliphatic hydroxyl groups excluding tert-OH is 4. The third-order valence-electron chi connectivity index (χ3n) is 4.36. The SMILES string of the molecule is CC(OC(O)C(C)C)OC1OC(COC(=O)CC(C)(O)CC(=O)O)C(O)C(O)C1O. The summed E-state index contributed by atoms with van der Waals surface area (Å²) in [6.07, 6.45) is -11.2. The van der Waals surface area contributed by atoms with Crippen molar-refractivity contribution in [2.45, 2.75) is 89.4 Å². The first-order valence-electron chi connectivity index (χ1n) is 9.52. The van der Waals surface area contributed by atoms with E-state index >= 15 is 0 Å². The zero-order chi connectivity index (χ0) is 23.2. The van der Waals surface area contributed by atoms with Gasteiger partial charge in [0.1, 0.15) is 31.0 Å². The molecule has 0 saturated carbocycles. The van der Waals surface area contributed by atoms with Crippen molar-refractivity contribution < 1.29 is 59.2 Å². The summed E-state index contributed by atoms with van der Waals surface area (Å²) in [6.45, 7) is 5.45. The highest BCUT2D eigenvalue weighted by Crippen LogP contribution is 2.24. The standard InChI is InChI=1S/C18H32O12/c1-8(2)16(25)28-9(3)29-17-15(24)14(23)13(22)10(30-17)7-27-12(21)6-18(4,26)5-11(19)20/h8-10,13-17,22-26H,5-7H2,1-4H3,(H,19,20). The number of rotatable bonds is 11. The molecule has 8 unspecified atom stereocenters. The van der Waals surface area contributed by atoms with Crippen LogP contribution in [0.3, 0.4) is 0 Å². The highest BCUT2D eigenvalue weighted by atomic mass is 16.8. The second-order valence-electron chi connectivity index (χ2n) is 7.92. The Labute approximate surface area is 173 Å². The summed E-state index contributed by atoms with van der Waals surface area (Å²) in [4.78, 5) is 22.6. The average Bonchev–Trinajstić information content (AvgIpc) is 2.59. The maximum atomic E-state index is 11.9. The number of ether oxygens (including phenoxy) is 4. The molecule has 0 aliphatic carbocycles. The van der Waals surface area contributed by atoms with E-state index in [0.717, 1.165) is 6.92 Å². The maximum Gasteiger partial charge on any atom is 0.308 e. The van der Waals surface area contributed by atoms with E-state index in [1.807, 2.05) is 0 Å². The van der Waals surface area contributed by atoms with Crippen molar-refractivity contribution in [1.82, 2.24) is 0 Å². The number of aliphatic carboxylic acids is 1. The molecule has 6 N–H and O–H groups in total. The lowest BCUT2D eigenvalue weighted by molar-refractivity contribution is -0.349. The van der Waals surface area contributed by atoms with E-state index in [-0.39, 0.29) is 5.92 Å². The molecule has 12 heteroatoms. The fourth-order valence-corrected chi connectivity index (χ4v) is 2.67. The molecular formula is C18H32O12. The maximum absolute atomic E-state index is 11.9. The van der Waals surface area contributed by atoms with Crippen molar-refractivity contribution in [3.63, 3.8) is 0 Å². The number of aliphatic hydroxyl groups is 5. The summed E-state index contributed by atoms with van der Waals surface area (Å²) in [6, 6.07) is 0. The summed E-state index contributed by atoms with van der Waals surface area (Å²) in [7, 11) is 0. The summed E-state index contributed by atoms with van der Waals surface area (Å²) in [5, 5.41) is 58.5. The predicted molar refractivity (Wildman–Crippen MR) is 97.6 cm³/mol. The van der Waals surface area contributed by atoms with Gasteiger partial charge in [-0.2, -0.15) is 0 Å². The van der Waals surface area contributed by atoms with Crippen molar-refractivity contribution in [3.8, 4) is 0 Å². The van der Waals surface area contributed by atoms with Crippen LogP contribution in [0, 0.1) is 5.92 Å². The van der Waals surface area contributed by atoms with Crippen molar-refractivity contribution in [1.29, 1.82) is 0 Å². The number of carboxylic acid groups (broad SMARTS) is 1. The van der Waals surface area contributed by atoms with Gasteiger partial charge in [0, 0.05) is 5.92 Å². The lowest BCUT2D eigenvalue weighted by atomic mass is 9.98. The van der Waals surface area contributed by atoms with E-state index in [1.54, 1.807) is 13.8 Å². The van der Waals surface area contributed by atoms with Gasteiger partial charge in [-0.1, -0.05) is 13.8 Å². The summed E-state index contributed by atoms with van der Waals surface area (Å²) in [5.41, 5.74) is -1.83. The Bertz CT molecular complexity index is 565. The van der Waals surface area contributed by atoms with Gasteiger partial charge in [-0.3, -0.25) is 9.59 Å². The molecule has 8 atom stereocenters. The van der Waals surface area contributed by atoms with Crippen LogP contribution in [0.4, 0.5) is 0 Å². The molecule has 1 heterocycles. The smallest absolute Gasteiger partial charge is 0.308 e. The van der Waals surface area contributed by atoms with Gasteiger partial charge in [0.2, 0.25) is 0 Å². The average molecular weight is 440 g/mol. The normalized spacial score (nSPS) is 31.1. The van der Waals surface area contributed by atoms with E-state index in [9.17, 15) is 35.1 Å². The van der Waals surface area contributed by atoms with E-state index in [1.165, 1.54) is 6.92 Å². The fourth-order valence-electron chi connectivity index (χ4n) is 2.67. The molecule has 0 aromatic heterocycles. The molecule has 1 aliphatic rings. The van der Waals surface area contributed by atoms with Gasteiger partial charge in [-0.05, 0) is 13.8 Å². The van der Waals surface area contributed by atoms with E-state index < -0.39 is 80.3 Å². The van der Waals surface area contributed by atoms with Crippen LogP contribution in [0.25, 0.3) is 0 Å². The first kappa shape index (κ1) is 26.7. The molecule has 0 bridgehead atoms. The van der Waals surface area contributed by atoms with Crippen LogP contribution in [0.15, 0.2) is 0 Å². The Hall–Kier alpha value is -1.38. The van der Waals surface area contributed by atoms with Crippen LogP contribution in [0.5, 0.6) is 0 Å². The third kappa shape index (κ3) is 8.40. The molecule has 0 aromatic rings. The van der Waals surface area contributed by atoms with Crippen LogP contribution in [-0.2, 0) is 28.5 Å². The molecule has 12 nitrogen and oxygen atoms in total. The van der Waals surface area contributed by atoms with E-state index in [4.69, 9.17) is 24.1 Å². The highest BCUT2D eigenvalue weighted by molar-refractivity contribution is 5.73. The van der Waals surface area contributed by atoms with E-state index in [2.05, 4.69) is 0 Å². The minimum absolute atomic E-state index is 0.230. The number of carboxylic acids is 1. The van der Waals surface area contributed by atoms with Crippen molar-refractivity contribution >= 4 is 11.9 Å². The molecule has 176 valence electrons. The highest BCUT2D eigenvalue weighted by Gasteiger charge is 2.45. The number of hydrogen-bond donors (Lipinski definition) is 6. The van der Waals surface area contributed by atoms with Gasteiger partial charge in [0.05, 0.1) is 18.4 Å². The van der Waals surface area contributed by atoms with Crippen LogP contribution in [0.2, 0.25) is 0 Å². The number of esters is 1. The minimum Gasteiger partial charge on any atom is -0.481 e. The summed E-state index contributed by atoms with van der Waals surface area (Å²) in [5.74, 6) is -2.48. The zero-order valence-corrected chi connectivity index (χ0v) is 17.4. The Morgan fingerprint density at radius 1 is 1.07 bits per heavy atom. The minimum atomic E-state index is -1.83.